The van der Waals surface area contributed by atoms with Gasteiger partial charge in [0.1, 0.15) is 12.2 Å². The fourth-order valence-corrected chi connectivity index (χ4v) is 2.88. The minimum Gasteiger partial charge on any atom is -0.358 e. The van der Waals surface area contributed by atoms with Gasteiger partial charge in [-0.2, -0.15) is 9.78 Å². The van der Waals surface area contributed by atoms with E-state index < -0.39 is 33.8 Å². The number of aromatic nitrogens is 4. The first-order valence-electron chi connectivity index (χ1n) is 8.18. The first-order chi connectivity index (χ1) is 13.7. The van der Waals surface area contributed by atoms with Crippen LogP contribution in [0.2, 0.25) is 5.02 Å². The Balaban J connectivity index is 1.69. The van der Waals surface area contributed by atoms with Crippen LogP contribution in [0, 0.1) is 27.2 Å². The summed E-state index contributed by atoms with van der Waals surface area (Å²) in [7, 11) is 0. The van der Waals surface area contributed by atoms with Gasteiger partial charge in [-0.05, 0) is 29.5 Å². The summed E-state index contributed by atoms with van der Waals surface area (Å²) in [4.78, 5) is 32.4. The first-order valence-corrected chi connectivity index (χ1v) is 8.56. The van der Waals surface area contributed by atoms with Gasteiger partial charge >= 0.3 is 11.5 Å². The second-order valence-corrected chi connectivity index (χ2v) is 6.44. The highest BCUT2D eigenvalue weighted by molar-refractivity contribution is 6.30. The molecule has 0 saturated carbocycles. The van der Waals surface area contributed by atoms with Crippen LogP contribution >= 0.6 is 11.6 Å². The lowest BCUT2D eigenvalue weighted by molar-refractivity contribution is -0.424. The number of nitro groups is 2. The molecule has 0 radical (unpaired) electrons. The zero-order valence-corrected chi connectivity index (χ0v) is 15.7. The number of carbonyl (C=O) groups excluding carboxylic acids is 1. The molecule has 0 aliphatic rings. The Morgan fingerprint density at radius 3 is 2.59 bits per heavy atom. The summed E-state index contributed by atoms with van der Waals surface area (Å²) < 4.78 is 2.50. The maximum absolute atomic E-state index is 12.2. The van der Waals surface area contributed by atoms with Gasteiger partial charge in [0.15, 0.2) is 5.82 Å². The maximum Gasteiger partial charge on any atom is 0.468 e. The lowest BCUT2D eigenvalue weighted by Crippen LogP contribution is -2.20. The second-order valence-electron chi connectivity index (χ2n) is 6.01. The zero-order chi connectivity index (χ0) is 21.1. The Kier molecular flexibility index (Phi) is 5.54. The zero-order valence-electron chi connectivity index (χ0n) is 15.0. The van der Waals surface area contributed by atoms with Gasteiger partial charge in [0.2, 0.25) is 5.91 Å². The first kappa shape index (κ1) is 19.9. The van der Waals surface area contributed by atoms with Crippen molar-refractivity contribution in [1.82, 2.24) is 19.6 Å². The van der Waals surface area contributed by atoms with Gasteiger partial charge in [-0.1, -0.05) is 23.7 Å². The minimum atomic E-state index is -0.961. The van der Waals surface area contributed by atoms with Crippen molar-refractivity contribution in [2.45, 2.75) is 20.0 Å². The van der Waals surface area contributed by atoms with Gasteiger partial charge in [0.05, 0.1) is 16.6 Å². The normalized spacial score (nSPS) is 10.7. The van der Waals surface area contributed by atoms with Crippen LogP contribution in [0.3, 0.4) is 0 Å². The molecule has 0 aliphatic heterocycles. The summed E-state index contributed by atoms with van der Waals surface area (Å²) in [6, 6.07) is 8.82. The minimum absolute atomic E-state index is 0.0941. The molecule has 0 spiro atoms. The summed E-state index contributed by atoms with van der Waals surface area (Å²) in [6.07, 6.45) is 1.66. The molecule has 1 amide bonds. The standard InChI is InChI=1S/C16H14ClN7O5/c1-10-15(23(26)27)16(24(28)29)20-22(10)9-14(25)18-13-5-6-21(19-13)8-11-3-2-4-12(17)7-11/h2-7H,8-9H2,1H3,(H,18,19,25). The van der Waals surface area contributed by atoms with E-state index in [4.69, 9.17) is 11.6 Å². The molecule has 0 bridgehead atoms. The molecule has 0 atom stereocenters. The SMILES string of the molecule is Cc1c([N+](=O)[O-])c([N+](=O)[O-])nn1CC(=O)Nc1ccn(Cc2cccc(Cl)c2)n1. The molecule has 150 valence electrons. The monoisotopic (exact) mass is 419 g/mol. The van der Waals surface area contributed by atoms with E-state index in [0.29, 0.717) is 11.6 Å². The molecule has 3 aromatic rings. The van der Waals surface area contributed by atoms with Crippen LogP contribution in [-0.4, -0.2) is 35.3 Å². The van der Waals surface area contributed by atoms with Crippen LogP contribution in [0.1, 0.15) is 11.3 Å². The van der Waals surface area contributed by atoms with E-state index in [-0.39, 0.29) is 11.5 Å². The highest BCUT2D eigenvalue weighted by atomic mass is 35.5. The van der Waals surface area contributed by atoms with Crippen molar-refractivity contribution in [3.63, 3.8) is 0 Å². The fourth-order valence-electron chi connectivity index (χ4n) is 2.67. The highest BCUT2D eigenvalue weighted by Gasteiger charge is 2.35. The third-order valence-corrected chi connectivity index (χ3v) is 4.18. The predicted molar refractivity (Wildman–Crippen MR) is 102 cm³/mol. The van der Waals surface area contributed by atoms with Crippen LogP contribution in [0.25, 0.3) is 0 Å². The van der Waals surface area contributed by atoms with Crippen molar-refractivity contribution in [2.75, 3.05) is 5.32 Å². The van der Waals surface area contributed by atoms with Crippen LogP contribution in [-0.2, 0) is 17.9 Å². The Morgan fingerprint density at radius 1 is 1.21 bits per heavy atom. The maximum atomic E-state index is 12.2. The molecule has 1 aromatic carbocycles. The van der Waals surface area contributed by atoms with Gasteiger partial charge in [0.25, 0.3) is 0 Å². The topological polar surface area (TPSA) is 151 Å². The molecule has 29 heavy (non-hydrogen) atoms. The summed E-state index contributed by atoms with van der Waals surface area (Å²) in [6.45, 7) is 1.28. The van der Waals surface area contributed by atoms with Crippen molar-refractivity contribution in [2.24, 2.45) is 0 Å². The van der Waals surface area contributed by atoms with E-state index in [2.05, 4.69) is 15.5 Å². The molecular weight excluding hydrogens is 406 g/mol. The summed E-state index contributed by atoms with van der Waals surface area (Å²) in [5.74, 6) is -1.25. The molecule has 0 aliphatic carbocycles. The Hall–Kier alpha value is -3.80. The number of anilines is 1. The number of amides is 1. The molecule has 0 fully saturated rings. The number of carbonyl (C=O) groups is 1. The van der Waals surface area contributed by atoms with E-state index in [9.17, 15) is 25.0 Å². The van der Waals surface area contributed by atoms with E-state index in [1.807, 2.05) is 12.1 Å². The van der Waals surface area contributed by atoms with E-state index in [1.165, 1.54) is 6.92 Å². The number of hydrogen-bond donors (Lipinski definition) is 1. The molecule has 13 heteroatoms. The van der Waals surface area contributed by atoms with Crippen molar-refractivity contribution in [1.29, 1.82) is 0 Å². The molecule has 2 aromatic heterocycles. The van der Waals surface area contributed by atoms with Crippen molar-refractivity contribution in [3.05, 3.63) is 73.0 Å². The van der Waals surface area contributed by atoms with E-state index >= 15 is 0 Å². The Bertz CT molecular complexity index is 1110. The number of halogens is 1. The largest absolute Gasteiger partial charge is 0.468 e. The van der Waals surface area contributed by atoms with Crippen LogP contribution in [0.15, 0.2) is 36.5 Å². The molecule has 12 nitrogen and oxygen atoms in total. The van der Waals surface area contributed by atoms with E-state index in [0.717, 1.165) is 10.2 Å². The molecule has 3 rings (SSSR count). The van der Waals surface area contributed by atoms with E-state index in [1.54, 1.807) is 29.1 Å². The average molecular weight is 420 g/mol. The molecule has 2 heterocycles. The number of benzene rings is 1. The van der Waals surface area contributed by atoms with Crippen LogP contribution < -0.4 is 5.32 Å². The molecular formula is C16H14ClN7O5. The van der Waals surface area contributed by atoms with Crippen molar-refractivity contribution < 1.29 is 14.6 Å². The van der Waals surface area contributed by atoms with Gasteiger partial charge in [0, 0.05) is 17.3 Å². The van der Waals surface area contributed by atoms with Gasteiger partial charge in [-0.15, -0.1) is 0 Å². The summed E-state index contributed by atoms with van der Waals surface area (Å²) in [5.41, 5.74) is 0.0854. The molecule has 1 N–H and O–H groups in total. The second kappa shape index (κ2) is 8.06. The van der Waals surface area contributed by atoms with Crippen LogP contribution in [0.5, 0.6) is 0 Å². The Morgan fingerprint density at radius 2 is 1.97 bits per heavy atom. The average Bonchev–Trinajstić information content (AvgIpc) is 3.19. The number of hydrogen-bond acceptors (Lipinski definition) is 7. The third-order valence-electron chi connectivity index (χ3n) is 3.95. The smallest absolute Gasteiger partial charge is 0.358 e. The van der Waals surface area contributed by atoms with Gasteiger partial charge < -0.3 is 15.4 Å². The molecule has 0 saturated heterocycles. The fraction of sp³-hybridized carbons (Fsp3) is 0.188. The third kappa shape index (κ3) is 4.55. The number of nitrogens with zero attached hydrogens (tertiary/aromatic N) is 6. The highest BCUT2D eigenvalue weighted by Crippen LogP contribution is 2.29. The van der Waals surface area contributed by atoms with Crippen molar-refractivity contribution >= 4 is 34.8 Å². The van der Waals surface area contributed by atoms with Gasteiger partial charge in [-0.25, -0.2) is 0 Å². The summed E-state index contributed by atoms with van der Waals surface area (Å²) >= 11 is 5.95. The quantitative estimate of drug-likeness (QED) is 0.456. The summed E-state index contributed by atoms with van der Waals surface area (Å²) in [5, 5.41) is 32.9. The lowest BCUT2D eigenvalue weighted by atomic mass is 10.2. The Labute approximate surface area is 168 Å². The number of nitrogens with one attached hydrogen (secondary N) is 1. The van der Waals surface area contributed by atoms with Crippen molar-refractivity contribution in [3.8, 4) is 0 Å². The van der Waals surface area contributed by atoms with Gasteiger partial charge in [-0.3, -0.25) is 19.6 Å². The van der Waals surface area contributed by atoms with Crippen LogP contribution in [0.4, 0.5) is 17.3 Å². The molecule has 0 unspecified atom stereocenters. The predicted octanol–water partition coefficient (Wildman–Crippen LogP) is 2.54. The lowest BCUT2D eigenvalue weighted by Gasteiger charge is -2.03. The number of rotatable bonds is 7.